The molecular formula is C13H17BrClNO. The first-order chi connectivity index (χ1) is 7.97. The Morgan fingerprint density at radius 3 is 2.65 bits per heavy atom. The van der Waals surface area contributed by atoms with E-state index in [1.165, 1.54) is 0 Å². The van der Waals surface area contributed by atoms with Crippen LogP contribution >= 0.6 is 27.5 Å². The number of aryl methyl sites for hydroxylation is 1. The minimum absolute atomic E-state index is 0.110. The summed E-state index contributed by atoms with van der Waals surface area (Å²) in [5, 5.41) is 4.25. The van der Waals surface area contributed by atoms with Gasteiger partial charge in [-0.25, -0.2) is 0 Å². The molecule has 0 bridgehead atoms. The summed E-state index contributed by atoms with van der Waals surface area (Å²) in [6.07, 6.45) is 0. The van der Waals surface area contributed by atoms with E-state index in [9.17, 15) is 4.79 Å². The number of halogens is 2. The summed E-state index contributed by atoms with van der Waals surface area (Å²) in [5.74, 6) is 0.263. The molecule has 0 spiro atoms. The lowest BCUT2D eigenvalue weighted by atomic mass is 10.1. The molecule has 0 aliphatic rings. The number of hydrogen-bond acceptors (Lipinski definition) is 1. The number of carbonyl (C=O) groups is 1. The monoisotopic (exact) mass is 317 g/mol. The van der Waals surface area contributed by atoms with Crippen molar-refractivity contribution in [1.29, 1.82) is 0 Å². The SMILES string of the molecule is Cc1cccc(C(=O)NC(CBr)C(C)C)c1Cl. The molecule has 0 fully saturated rings. The Hall–Kier alpha value is -0.540. The Bertz CT molecular complexity index is 406. The fourth-order valence-corrected chi connectivity index (χ4v) is 2.57. The lowest BCUT2D eigenvalue weighted by Gasteiger charge is -2.20. The third-order valence-electron chi connectivity index (χ3n) is 2.72. The first-order valence-corrected chi connectivity index (χ1v) is 7.09. The predicted molar refractivity (Wildman–Crippen MR) is 76.1 cm³/mol. The molecule has 17 heavy (non-hydrogen) atoms. The molecule has 1 N–H and O–H groups in total. The Morgan fingerprint density at radius 2 is 2.12 bits per heavy atom. The Balaban J connectivity index is 2.86. The van der Waals surface area contributed by atoms with Gasteiger partial charge < -0.3 is 5.32 Å². The Morgan fingerprint density at radius 1 is 1.47 bits per heavy atom. The molecule has 0 aromatic heterocycles. The van der Waals surface area contributed by atoms with Gasteiger partial charge in [0.1, 0.15) is 0 Å². The number of benzene rings is 1. The van der Waals surface area contributed by atoms with E-state index in [1.54, 1.807) is 6.07 Å². The highest BCUT2D eigenvalue weighted by Crippen LogP contribution is 2.20. The molecule has 1 atom stereocenters. The van der Waals surface area contributed by atoms with Crippen molar-refractivity contribution < 1.29 is 4.79 Å². The molecular weight excluding hydrogens is 302 g/mol. The van der Waals surface area contributed by atoms with Crippen molar-refractivity contribution >= 4 is 33.4 Å². The van der Waals surface area contributed by atoms with Gasteiger partial charge in [0.15, 0.2) is 0 Å². The lowest BCUT2D eigenvalue weighted by molar-refractivity contribution is 0.0932. The second kappa shape index (κ2) is 6.41. The molecule has 0 heterocycles. The van der Waals surface area contributed by atoms with Crippen LogP contribution in [0.15, 0.2) is 18.2 Å². The summed E-state index contributed by atoms with van der Waals surface area (Å²) >= 11 is 9.52. The molecule has 0 aliphatic carbocycles. The van der Waals surface area contributed by atoms with E-state index < -0.39 is 0 Å². The van der Waals surface area contributed by atoms with E-state index in [0.29, 0.717) is 16.5 Å². The zero-order valence-corrected chi connectivity index (χ0v) is 12.6. The summed E-state index contributed by atoms with van der Waals surface area (Å²) in [7, 11) is 0. The summed E-state index contributed by atoms with van der Waals surface area (Å²) < 4.78 is 0. The molecule has 0 radical (unpaired) electrons. The fraction of sp³-hybridized carbons (Fsp3) is 0.462. The Labute approximate surface area is 116 Å². The minimum atomic E-state index is -0.114. The number of rotatable bonds is 4. The van der Waals surface area contributed by atoms with Gasteiger partial charge in [-0.05, 0) is 24.5 Å². The summed E-state index contributed by atoms with van der Waals surface area (Å²) in [6.45, 7) is 6.04. The third-order valence-corrected chi connectivity index (χ3v) is 3.92. The molecule has 0 saturated carbocycles. The van der Waals surface area contributed by atoms with Crippen LogP contribution in [0, 0.1) is 12.8 Å². The minimum Gasteiger partial charge on any atom is -0.348 e. The topological polar surface area (TPSA) is 29.1 Å². The van der Waals surface area contributed by atoms with Crippen molar-refractivity contribution in [2.75, 3.05) is 5.33 Å². The van der Waals surface area contributed by atoms with E-state index in [0.717, 1.165) is 10.9 Å². The largest absolute Gasteiger partial charge is 0.348 e. The summed E-state index contributed by atoms with van der Waals surface area (Å²) in [5.41, 5.74) is 1.46. The van der Waals surface area contributed by atoms with E-state index in [1.807, 2.05) is 19.1 Å². The second-order valence-electron chi connectivity index (χ2n) is 4.41. The number of nitrogens with one attached hydrogen (secondary N) is 1. The first kappa shape index (κ1) is 14.5. The number of hydrogen-bond donors (Lipinski definition) is 1. The van der Waals surface area contributed by atoms with Crippen LogP contribution in [0.5, 0.6) is 0 Å². The highest BCUT2D eigenvalue weighted by molar-refractivity contribution is 9.09. The van der Waals surface area contributed by atoms with E-state index >= 15 is 0 Å². The highest BCUT2D eigenvalue weighted by atomic mass is 79.9. The molecule has 0 aliphatic heterocycles. The van der Waals surface area contributed by atoms with Crippen molar-refractivity contribution in [2.45, 2.75) is 26.8 Å². The van der Waals surface area contributed by atoms with E-state index in [-0.39, 0.29) is 11.9 Å². The van der Waals surface area contributed by atoms with Crippen LogP contribution in [0.3, 0.4) is 0 Å². The van der Waals surface area contributed by atoms with Gasteiger partial charge in [-0.2, -0.15) is 0 Å². The van der Waals surface area contributed by atoms with Gasteiger partial charge in [-0.1, -0.05) is 53.5 Å². The normalized spacial score (nSPS) is 12.6. The average Bonchev–Trinajstić information content (AvgIpc) is 2.28. The van der Waals surface area contributed by atoms with Crippen LogP contribution in [-0.2, 0) is 0 Å². The molecule has 1 amide bonds. The van der Waals surface area contributed by atoms with Gasteiger partial charge >= 0.3 is 0 Å². The van der Waals surface area contributed by atoms with Crippen LogP contribution < -0.4 is 5.32 Å². The highest BCUT2D eigenvalue weighted by Gasteiger charge is 2.18. The van der Waals surface area contributed by atoms with Crippen molar-refractivity contribution in [2.24, 2.45) is 5.92 Å². The van der Waals surface area contributed by atoms with Gasteiger partial charge in [-0.15, -0.1) is 0 Å². The van der Waals surface area contributed by atoms with Gasteiger partial charge in [-0.3, -0.25) is 4.79 Å². The van der Waals surface area contributed by atoms with E-state index in [2.05, 4.69) is 35.1 Å². The van der Waals surface area contributed by atoms with Gasteiger partial charge in [0, 0.05) is 11.4 Å². The fourth-order valence-electron chi connectivity index (χ4n) is 1.45. The second-order valence-corrected chi connectivity index (χ2v) is 5.44. The standard InChI is InChI=1S/C13H17BrClNO/c1-8(2)11(7-14)16-13(17)10-6-4-5-9(3)12(10)15/h4-6,8,11H,7H2,1-3H3,(H,16,17). The molecule has 4 heteroatoms. The van der Waals surface area contributed by atoms with Gasteiger partial charge in [0.05, 0.1) is 10.6 Å². The molecule has 94 valence electrons. The molecule has 0 saturated heterocycles. The lowest BCUT2D eigenvalue weighted by Crippen LogP contribution is -2.39. The smallest absolute Gasteiger partial charge is 0.253 e. The van der Waals surface area contributed by atoms with Crippen LogP contribution in [0.25, 0.3) is 0 Å². The van der Waals surface area contributed by atoms with Crippen LogP contribution in [-0.4, -0.2) is 17.3 Å². The maximum Gasteiger partial charge on any atom is 0.253 e. The number of alkyl halides is 1. The van der Waals surface area contributed by atoms with Crippen molar-refractivity contribution in [3.05, 3.63) is 34.3 Å². The van der Waals surface area contributed by atoms with Crippen LogP contribution in [0.1, 0.15) is 29.8 Å². The summed E-state index contributed by atoms with van der Waals surface area (Å²) in [6, 6.07) is 5.59. The molecule has 2 nitrogen and oxygen atoms in total. The van der Waals surface area contributed by atoms with E-state index in [4.69, 9.17) is 11.6 Å². The first-order valence-electron chi connectivity index (χ1n) is 5.59. The predicted octanol–water partition coefficient (Wildman–Crippen LogP) is 3.80. The average molecular weight is 319 g/mol. The van der Waals surface area contributed by atoms with Crippen molar-refractivity contribution in [3.8, 4) is 0 Å². The van der Waals surface area contributed by atoms with Crippen molar-refractivity contribution in [1.82, 2.24) is 5.32 Å². The van der Waals surface area contributed by atoms with Crippen LogP contribution in [0.2, 0.25) is 5.02 Å². The zero-order valence-electron chi connectivity index (χ0n) is 10.3. The van der Waals surface area contributed by atoms with Crippen molar-refractivity contribution in [3.63, 3.8) is 0 Å². The van der Waals surface area contributed by atoms with Gasteiger partial charge in [0.25, 0.3) is 5.91 Å². The zero-order chi connectivity index (χ0) is 13.0. The Kier molecular flexibility index (Phi) is 5.47. The maximum atomic E-state index is 12.1. The molecule has 1 aromatic rings. The molecule has 1 aromatic carbocycles. The quantitative estimate of drug-likeness (QED) is 0.841. The van der Waals surface area contributed by atoms with Crippen LogP contribution in [0.4, 0.5) is 0 Å². The maximum absolute atomic E-state index is 12.1. The number of carbonyl (C=O) groups excluding carboxylic acids is 1. The molecule has 1 rings (SSSR count). The third kappa shape index (κ3) is 3.71. The molecule has 1 unspecified atom stereocenters. The summed E-state index contributed by atoms with van der Waals surface area (Å²) in [4.78, 5) is 12.1. The number of amides is 1. The van der Waals surface area contributed by atoms with Gasteiger partial charge in [0.2, 0.25) is 0 Å².